The monoisotopic (exact) mass is 369 g/mol. The van der Waals surface area contributed by atoms with Gasteiger partial charge in [0.1, 0.15) is 11.1 Å². The lowest BCUT2D eigenvalue weighted by Crippen LogP contribution is -2.26. The number of nitrogens with zero attached hydrogens (tertiary/aromatic N) is 1. The molecule has 0 aliphatic carbocycles. The predicted octanol–water partition coefficient (Wildman–Crippen LogP) is 4.57. The number of carbonyl (C=O) groups is 1. The van der Waals surface area contributed by atoms with E-state index in [0.29, 0.717) is 17.6 Å². The maximum absolute atomic E-state index is 12.4. The van der Waals surface area contributed by atoms with E-state index in [1.165, 1.54) is 4.57 Å². The second-order valence-electron chi connectivity index (χ2n) is 7.55. The largest absolute Gasteiger partial charge is 0.514 e. The molecule has 0 radical (unpaired) electrons. The third-order valence-electron chi connectivity index (χ3n) is 4.07. The van der Waals surface area contributed by atoms with Gasteiger partial charge >= 0.3 is 11.9 Å². The summed E-state index contributed by atoms with van der Waals surface area (Å²) < 4.78 is 17.4. The molecule has 3 rings (SSSR count). The molecule has 6 nitrogen and oxygen atoms in total. The highest BCUT2D eigenvalue weighted by molar-refractivity contribution is 5.82. The molecule has 142 valence electrons. The lowest BCUT2D eigenvalue weighted by atomic mass is 10.1. The van der Waals surface area contributed by atoms with E-state index in [9.17, 15) is 9.59 Å². The lowest BCUT2D eigenvalue weighted by molar-refractivity contribution is 0.0208. The summed E-state index contributed by atoms with van der Waals surface area (Å²) >= 11 is 0. The SMILES string of the molecule is Cc1ccc(C)c(Cn2c(=O)oc3cccc(OC(=O)OC(C)(C)C)c32)c1. The number of ether oxygens (including phenoxy) is 2. The summed E-state index contributed by atoms with van der Waals surface area (Å²) in [5.41, 5.74) is 3.25. The van der Waals surface area contributed by atoms with Gasteiger partial charge in [0.25, 0.3) is 0 Å². The predicted molar refractivity (Wildman–Crippen MR) is 102 cm³/mol. The molecule has 0 saturated heterocycles. The van der Waals surface area contributed by atoms with Gasteiger partial charge in [-0.05, 0) is 57.9 Å². The van der Waals surface area contributed by atoms with Crippen LogP contribution in [0.2, 0.25) is 0 Å². The van der Waals surface area contributed by atoms with Crippen molar-refractivity contribution in [2.45, 2.75) is 46.8 Å². The van der Waals surface area contributed by atoms with E-state index in [0.717, 1.165) is 16.7 Å². The Morgan fingerprint density at radius 1 is 1.15 bits per heavy atom. The maximum atomic E-state index is 12.4. The minimum Gasteiger partial charge on any atom is -0.428 e. The Balaban J connectivity index is 2.03. The van der Waals surface area contributed by atoms with Crippen molar-refractivity contribution in [1.82, 2.24) is 4.57 Å². The Bertz CT molecular complexity index is 1050. The van der Waals surface area contributed by atoms with Crippen molar-refractivity contribution < 1.29 is 18.7 Å². The average molecular weight is 369 g/mol. The Labute approximate surface area is 157 Å². The number of oxazole rings is 1. The molecular formula is C21H23NO5. The molecule has 0 amide bonds. The molecule has 0 fully saturated rings. The van der Waals surface area contributed by atoms with Gasteiger partial charge in [-0.3, -0.25) is 4.57 Å². The number of para-hydroxylation sites is 1. The van der Waals surface area contributed by atoms with Crippen LogP contribution in [-0.2, 0) is 11.3 Å². The van der Waals surface area contributed by atoms with Crippen LogP contribution in [-0.4, -0.2) is 16.3 Å². The topological polar surface area (TPSA) is 70.7 Å². The van der Waals surface area contributed by atoms with E-state index in [-0.39, 0.29) is 5.75 Å². The molecule has 0 atom stereocenters. The molecule has 0 N–H and O–H groups in total. The highest BCUT2D eigenvalue weighted by atomic mass is 16.7. The van der Waals surface area contributed by atoms with Gasteiger partial charge in [0.05, 0.1) is 6.54 Å². The quantitative estimate of drug-likeness (QED) is 0.499. The number of fused-ring (bicyclic) bond motifs is 1. The van der Waals surface area contributed by atoms with Gasteiger partial charge in [-0.2, -0.15) is 0 Å². The molecule has 1 heterocycles. The number of rotatable bonds is 3. The van der Waals surface area contributed by atoms with Gasteiger partial charge in [0, 0.05) is 0 Å². The molecule has 0 saturated carbocycles. The second kappa shape index (κ2) is 6.95. The Morgan fingerprint density at radius 3 is 2.59 bits per heavy atom. The molecule has 0 bridgehead atoms. The first-order valence-electron chi connectivity index (χ1n) is 8.73. The highest BCUT2D eigenvalue weighted by Gasteiger charge is 2.21. The molecule has 0 aliphatic heterocycles. The van der Waals surface area contributed by atoms with Crippen LogP contribution in [0.15, 0.2) is 45.6 Å². The number of carbonyl (C=O) groups excluding carboxylic acids is 1. The van der Waals surface area contributed by atoms with Gasteiger partial charge in [-0.1, -0.05) is 29.8 Å². The summed E-state index contributed by atoms with van der Waals surface area (Å²) in [7, 11) is 0. The van der Waals surface area contributed by atoms with Crippen molar-refractivity contribution in [3.8, 4) is 5.75 Å². The van der Waals surface area contributed by atoms with E-state index in [4.69, 9.17) is 13.9 Å². The number of benzene rings is 2. The van der Waals surface area contributed by atoms with Crippen LogP contribution in [0.3, 0.4) is 0 Å². The van der Waals surface area contributed by atoms with Crippen LogP contribution in [0.4, 0.5) is 4.79 Å². The second-order valence-corrected chi connectivity index (χ2v) is 7.55. The Hall–Kier alpha value is -3.02. The minimum atomic E-state index is -0.832. The van der Waals surface area contributed by atoms with E-state index in [1.807, 2.05) is 32.0 Å². The Morgan fingerprint density at radius 2 is 1.89 bits per heavy atom. The van der Waals surface area contributed by atoms with Crippen LogP contribution < -0.4 is 10.5 Å². The minimum absolute atomic E-state index is 0.220. The molecule has 6 heteroatoms. The number of aromatic nitrogens is 1. The van der Waals surface area contributed by atoms with Crippen molar-refractivity contribution in [3.63, 3.8) is 0 Å². The summed E-state index contributed by atoms with van der Waals surface area (Å²) in [6.45, 7) is 9.56. The smallest absolute Gasteiger partial charge is 0.428 e. The summed E-state index contributed by atoms with van der Waals surface area (Å²) in [5, 5.41) is 0. The molecular weight excluding hydrogens is 346 g/mol. The standard InChI is InChI=1S/C21H23NO5/c1-13-9-10-14(2)15(11-13)12-22-18-16(25-19(22)23)7-6-8-17(18)26-20(24)27-21(3,4)5/h6-11H,12H2,1-5H3. The lowest BCUT2D eigenvalue weighted by Gasteiger charge is -2.19. The number of hydrogen-bond acceptors (Lipinski definition) is 5. The first-order valence-corrected chi connectivity index (χ1v) is 8.73. The fraction of sp³-hybridized carbons (Fsp3) is 0.333. The van der Waals surface area contributed by atoms with Crippen LogP contribution >= 0.6 is 0 Å². The van der Waals surface area contributed by atoms with E-state index in [1.54, 1.807) is 39.0 Å². The average Bonchev–Trinajstić information content (AvgIpc) is 2.86. The molecule has 0 unspecified atom stereocenters. The maximum Gasteiger partial charge on any atom is 0.514 e. The van der Waals surface area contributed by atoms with Crippen molar-refractivity contribution in [1.29, 1.82) is 0 Å². The van der Waals surface area contributed by atoms with Crippen LogP contribution in [0, 0.1) is 13.8 Å². The van der Waals surface area contributed by atoms with Gasteiger partial charge in [-0.25, -0.2) is 9.59 Å². The molecule has 27 heavy (non-hydrogen) atoms. The third-order valence-corrected chi connectivity index (χ3v) is 4.07. The summed E-state index contributed by atoms with van der Waals surface area (Å²) in [6.07, 6.45) is -0.832. The highest BCUT2D eigenvalue weighted by Crippen LogP contribution is 2.27. The fourth-order valence-corrected chi connectivity index (χ4v) is 2.82. The van der Waals surface area contributed by atoms with E-state index in [2.05, 4.69) is 0 Å². The van der Waals surface area contributed by atoms with Gasteiger partial charge < -0.3 is 13.9 Å². The van der Waals surface area contributed by atoms with E-state index >= 15 is 0 Å². The van der Waals surface area contributed by atoms with Crippen molar-refractivity contribution >= 4 is 17.3 Å². The first kappa shape index (κ1) is 18.8. The zero-order chi connectivity index (χ0) is 19.8. The molecule has 0 spiro atoms. The molecule has 1 aromatic heterocycles. The van der Waals surface area contributed by atoms with Gasteiger partial charge in [0.2, 0.25) is 0 Å². The summed E-state index contributed by atoms with van der Waals surface area (Å²) in [5.74, 6) is -0.288. The Kier molecular flexibility index (Phi) is 4.83. The number of hydrogen-bond donors (Lipinski definition) is 0. The molecule has 2 aromatic carbocycles. The summed E-state index contributed by atoms with van der Waals surface area (Å²) in [4.78, 5) is 24.5. The van der Waals surface area contributed by atoms with Crippen LogP contribution in [0.1, 0.15) is 37.5 Å². The van der Waals surface area contributed by atoms with Crippen molar-refractivity contribution in [2.24, 2.45) is 0 Å². The van der Waals surface area contributed by atoms with Gasteiger partial charge in [0.15, 0.2) is 11.3 Å². The third kappa shape index (κ3) is 4.22. The van der Waals surface area contributed by atoms with E-state index < -0.39 is 17.5 Å². The van der Waals surface area contributed by atoms with Crippen LogP contribution in [0.25, 0.3) is 11.1 Å². The van der Waals surface area contributed by atoms with Crippen LogP contribution in [0.5, 0.6) is 5.75 Å². The molecule has 0 aliphatic rings. The number of aryl methyl sites for hydroxylation is 2. The molecule has 3 aromatic rings. The normalized spacial score (nSPS) is 11.6. The first-order chi connectivity index (χ1) is 12.6. The summed E-state index contributed by atoms with van der Waals surface area (Å²) in [6, 6.07) is 11.0. The van der Waals surface area contributed by atoms with Crippen molar-refractivity contribution in [3.05, 3.63) is 63.6 Å². The fourth-order valence-electron chi connectivity index (χ4n) is 2.82. The van der Waals surface area contributed by atoms with Crippen molar-refractivity contribution in [2.75, 3.05) is 0 Å². The van der Waals surface area contributed by atoms with Gasteiger partial charge in [-0.15, -0.1) is 0 Å². The zero-order valence-corrected chi connectivity index (χ0v) is 16.2. The zero-order valence-electron chi connectivity index (χ0n) is 16.2.